The summed E-state index contributed by atoms with van der Waals surface area (Å²) in [5.41, 5.74) is -0.822. The molecule has 0 unspecified atom stereocenters. The number of hydrogen-bond acceptors (Lipinski definition) is 4. The molecule has 0 bridgehead atoms. The van der Waals surface area contributed by atoms with Crippen molar-refractivity contribution in [3.05, 3.63) is 11.8 Å². The first-order chi connectivity index (χ1) is 8.27. The Hall–Kier alpha value is -1.41. The SMILES string of the molecule is CC1(C)CCCN1S(=O)(=O)c1[nH]ncc1C(=O)O. The minimum atomic E-state index is -3.84. The molecule has 2 N–H and O–H groups in total. The van der Waals surface area contributed by atoms with Crippen molar-refractivity contribution in [3.63, 3.8) is 0 Å². The third-order valence-corrected chi connectivity index (χ3v) is 5.29. The molecular formula is C10H15N3O4S. The number of hydrogen-bond donors (Lipinski definition) is 2. The van der Waals surface area contributed by atoms with Gasteiger partial charge in [-0.15, -0.1) is 0 Å². The van der Waals surface area contributed by atoms with Crippen molar-refractivity contribution in [2.75, 3.05) is 6.54 Å². The lowest BCUT2D eigenvalue weighted by atomic mass is 10.0. The van der Waals surface area contributed by atoms with Gasteiger partial charge in [-0.3, -0.25) is 5.10 Å². The summed E-state index contributed by atoms with van der Waals surface area (Å²) in [5, 5.41) is 14.4. The second-order valence-electron chi connectivity index (χ2n) is 4.91. The Morgan fingerprint density at radius 3 is 2.72 bits per heavy atom. The van der Waals surface area contributed by atoms with E-state index in [-0.39, 0.29) is 10.6 Å². The highest BCUT2D eigenvalue weighted by Crippen LogP contribution is 2.34. The van der Waals surface area contributed by atoms with Crippen molar-refractivity contribution < 1.29 is 18.3 Å². The average Bonchev–Trinajstić information content (AvgIpc) is 2.83. The van der Waals surface area contributed by atoms with E-state index in [1.54, 1.807) is 0 Å². The van der Waals surface area contributed by atoms with Crippen molar-refractivity contribution in [1.82, 2.24) is 14.5 Å². The van der Waals surface area contributed by atoms with Crippen molar-refractivity contribution in [1.29, 1.82) is 0 Å². The Morgan fingerprint density at radius 2 is 2.22 bits per heavy atom. The maximum Gasteiger partial charge on any atom is 0.340 e. The highest BCUT2D eigenvalue weighted by Gasteiger charge is 2.43. The normalized spacial score (nSPS) is 20.1. The summed E-state index contributed by atoms with van der Waals surface area (Å²) in [6.07, 6.45) is 2.53. The summed E-state index contributed by atoms with van der Waals surface area (Å²) in [5.74, 6) is -1.31. The highest BCUT2D eigenvalue weighted by molar-refractivity contribution is 7.89. The molecule has 1 saturated heterocycles. The van der Waals surface area contributed by atoms with E-state index < -0.39 is 21.5 Å². The van der Waals surface area contributed by atoms with Crippen LogP contribution in [0.3, 0.4) is 0 Å². The molecule has 0 aromatic carbocycles. The Morgan fingerprint density at radius 1 is 1.56 bits per heavy atom. The Labute approximate surface area is 105 Å². The van der Waals surface area contributed by atoms with Gasteiger partial charge in [0.25, 0.3) is 10.0 Å². The number of H-pyrrole nitrogens is 1. The summed E-state index contributed by atoms with van der Waals surface area (Å²) in [6.45, 7) is 4.05. The molecule has 0 amide bonds. The minimum absolute atomic E-state index is 0.322. The third kappa shape index (κ3) is 1.91. The second-order valence-corrected chi connectivity index (χ2v) is 6.71. The monoisotopic (exact) mass is 273 g/mol. The van der Waals surface area contributed by atoms with Crippen LogP contribution in [-0.2, 0) is 10.0 Å². The number of carboxylic acid groups (broad SMARTS) is 1. The Kier molecular flexibility index (Phi) is 2.94. The molecule has 1 aliphatic rings. The fourth-order valence-electron chi connectivity index (χ4n) is 2.26. The van der Waals surface area contributed by atoms with Crippen LogP contribution in [0.25, 0.3) is 0 Å². The average molecular weight is 273 g/mol. The molecule has 7 nitrogen and oxygen atoms in total. The Bertz CT molecular complexity index is 576. The van der Waals surface area contributed by atoms with Gasteiger partial charge in [-0.25, -0.2) is 13.2 Å². The molecule has 1 aromatic rings. The standard InChI is InChI=1S/C10H15N3O4S/c1-10(2)4-3-5-13(10)18(16,17)8-7(9(14)15)6-11-12-8/h6H,3-5H2,1-2H3,(H,11,12)(H,14,15). The van der Waals surface area contributed by atoms with E-state index in [0.29, 0.717) is 6.54 Å². The lowest BCUT2D eigenvalue weighted by Gasteiger charge is -2.30. The van der Waals surface area contributed by atoms with Crippen LogP contribution >= 0.6 is 0 Å². The molecule has 1 aromatic heterocycles. The molecule has 8 heteroatoms. The summed E-state index contributed by atoms with van der Waals surface area (Å²) in [4.78, 5) is 11.0. The van der Waals surface area contributed by atoms with Crippen LogP contribution in [0, 0.1) is 0 Å². The van der Waals surface area contributed by atoms with Crippen molar-refractivity contribution >= 4 is 16.0 Å². The smallest absolute Gasteiger partial charge is 0.340 e. The van der Waals surface area contributed by atoms with Gasteiger partial charge in [-0.2, -0.15) is 9.40 Å². The molecule has 1 fully saturated rings. The number of carboxylic acids is 1. The summed E-state index contributed by atoms with van der Waals surface area (Å²) in [6, 6.07) is 0. The fraction of sp³-hybridized carbons (Fsp3) is 0.600. The van der Waals surface area contributed by atoms with E-state index in [1.165, 1.54) is 4.31 Å². The quantitative estimate of drug-likeness (QED) is 0.842. The number of aromatic amines is 1. The van der Waals surface area contributed by atoms with Gasteiger partial charge in [0.1, 0.15) is 5.56 Å². The van der Waals surface area contributed by atoms with Gasteiger partial charge < -0.3 is 5.11 Å². The fourth-order valence-corrected chi connectivity index (χ4v) is 4.18. The topological polar surface area (TPSA) is 103 Å². The summed E-state index contributed by atoms with van der Waals surface area (Å²) in [7, 11) is -3.84. The summed E-state index contributed by atoms with van der Waals surface area (Å²) >= 11 is 0. The van der Waals surface area contributed by atoms with E-state index in [0.717, 1.165) is 19.0 Å². The third-order valence-electron chi connectivity index (χ3n) is 3.21. The number of sulfonamides is 1. The molecule has 0 atom stereocenters. The van der Waals surface area contributed by atoms with Crippen LogP contribution in [0.4, 0.5) is 0 Å². The molecular weight excluding hydrogens is 258 g/mol. The number of aromatic nitrogens is 2. The van der Waals surface area contributed by atoms with E-state index >= 15 is 0 Å². The van der Waals surface area contributed by atoms with Crippen LogP contribution in [-0.4, -0.2) is 46.1 Å². The molecule has 1 aliphatic heterocycles. The highest BCUT2D eigenvalue weighted by atomic mass is 32.2. The van der Waals surface area contributed by atoms with Crippen LogP contribution < -0.4 is 0 Å². The van der Waals surface area contributed by atoms with E-state index in [2.05, 4.69) is 10.2 Å². The summed E-state index contributed by atoms with van der Waals surface area (Å²) < 4.78 is 26.2. The second kappa shape index (κ2) is 4.06. The molecule has 0 spiro atoms. The van der Waals surface area contributed by atoms with Crippen LogP contribution in [0.15, 0.2) is 11.2 Å². The predicted octanol–water partition coefficient (Wildman–Crippen LogP) is 0.671. The van der Waals surface area contributed by atoms with Gasteiger partial charge in [0.2, 0.25) is 0 Å². The van der Waals surface area contributed by atoms with Crippen molar-refractivity contribution in [2.24, 2.45) is 0 Å². The number of rotatable bonds is 3. The minimum Gasteiger partial charge on any atom is -0.478 e. The van der Waals surface area contributed by atoms with Gasteiger partial charge in [-0.1, -0.05) is 0 Å². The van der Waals surface area contributed by atoms with Gasteiger partial charge in [0.05, 0.1) is 6.20 Å². The molecule has 0 aliphatic carbocycles. The van der Waals surface area contributed by atoms with Gasteiger partial charge in [-0.05, 0) is 26.7 Å². The molecule has 0 radical (unpaired) electrons. The zero-order valence-electron chi connectivity index (χ0n) is 10.2. The number of nitrogens with one attached hydrogen (secondary N) is 1. The van der Waals surface area contributed by atoms with Crippen molar-refractivity contribution in [3.8, 4) is 0 Å². The number of aromatic carboxylic acids is 1. The lowest BCUT2D eigenvalue weighted by molar-refractivity contribution is 0.0692. The first kappa shape index (κ1) is 13.0. The van der Waals surface area contributed by atoms with Gasteiger partial charge in [0.15, 0.2) is 5.03 Å². The van der Waals surface area contributed by atoms with E-state index in [4.69, 9.17) is 5.11 Å². The molecule has 0 saturated carbocycles. The number of carbonyl (C=O) groups is 1. The number of nitrogens with zero attached hydrogens (tertiary/aromatic N) is 2. The maximum absolute atomic E-state index is 12.4. The van der Waals surface area contributed by atoms with Crippen LogP contribution in [0.1, 0.15) is 37.0 Å². The Balaban J connectivity index is 2.49. The molecule has 100 valence electrons. The van der Waals surface area contributed by atoms with Crippen LogP contribution in [0.2, 0.25) is 0 Å². The van der Waals surface area contributed by atoms with E-state index in [9.17, 15) is 13.2 Å². The predicted molar refractivity (Wildman–Crippen MR) is 62.8 cm³/mol. The first-order valence-electron chi connectivity index (χ1n) is 5.56. The largest absolute Gasteiger partial charge is 0.478 e. The lowest BCUT2D eigenvalue weighted by Crippen LogP contribution is -2.43. The molecule has 2 rings (SSSR count). The zero-order chi connectivity index (χ0) is 13.6. The van der Waals surface area contributed by atoms with E-state index in [1.807, 2.05) is 13.8 Å². The molecule has 18 heavy (non-hydrogen) atoms. The van der Waals surface area contributed by atoms with Crippen LogP contribution in [0.5, 0.6) is 0 Å². The van der Waals surface area contributed by atoms with Gasteiger partial charge >= 0.3 is 5.97 Å². The maximum atomic E-state index is 12.4. The first-order valence-corrected chi connectivity index (χ1v) is 7.00. The van der Waals surface area contributed by atoms with Crippen molar-refractivity contribution in [2.45, 2.75) is 37.3 Å². The molecule has 2 heterocycles. The zero-order valence-corrected chi connectivity index (χ0v) is 11.0. The van der Waals surface area contributed by atoms with Gasteiger partial charge in [0, 0.05) is 12.1 Å².